The van der Waals surface area contributed by atoms with Gasteiger partial charge in [-0.15, -0.1) is 0 Å². The minimum Gasteiger partial charge on any atom is -0.502 e. The SMILES string of the molecule is O=C(NCc1ccc(F)cc1F)c1cn2c(c(O)c1=O)C(=O)N(C[C@@H]1CCCO1)CN2Cc1ccoc1. The lowest BCUT2D eigenvalue weighted by atomic mass is 10.1. The molecule has 2 aromatic heterocycles. The monoisotopic (exact) mass is 514 g/mol. The van der Waals surface area contributed by atoms with Gasteiger partial charge in [0.15, 0.2) is 11.4 Å². The summed E-state index contributed by atoms with van der Waals surface area (Å²) in [6.45, 7) is 0.899. The van der Waals surface area contributed by atoms with Crippen LogP contribution in [0.25, 0.3) is 0 Å². The highest BCUT2D eigenvalue weighted by atomic mass is 19.1. The van der Waals surface area contributed by atoms with E-state index in [0.717, 1.165) is 24.5 Å². The second-order valence-electron chi connectivity index (χ2n) is 8.93. The number of pyridine rings is 1. The number of aromatic hydroxyl groups is 1. The van der Waals surface area contributed by atoms with E-state index in [2.05, 4.69) is 5.32 Å². The summed E-state index contributed by atoms with van der Waals surface area (Å²) in [7, 11) is 0. The van der Waals surface area contributed by atoms with Crippen LogP contribution in [0.5, 0.6) is 5.75 Å². The lowest BCUT2D eigenvalue weighted by Gasteiger charge is -2.40. The van der Waals surface area contributed by atoms with Gasteiger partial charge in [-0.05, 0) is 25.0 Å². The molecule has 0 saturated carbocycles. The quantitative estimate of drug-likeness (QED) is 0.496. The van der Waals surface area contributed by atoms with Crippen LogP contribution in [0.2, 0.25) is 0 Å². The number of hydrogen-bond acceptors (Lipinski definition) is 7. The maximum absolute atomic E-state index is 14.0. The predicted molar refractivity (Wildman–Crippen MR) is 125 cm³/mol. The number of amides is 2. The van der Waals surface area contributed by atoms with E-state index >= 15 is 0 Å². The Morgan fingerprint density at radius 3 is 2.76 bits per heavy atom. The normalized spacial score (nSPS) is 17.2. The second kappa shape index (κ2) is 10.1. The van der Waals surface area contributed by atoms with Gasteiger partial charge in [-0.2, -0.15) is 0 Å². The van der Waals surface area contributed by atoms with Crippen LogP contribution in [-0.2, 0) is 17.8 Å². The molecule has 0 unspecified atom stereocenters. The van der Waals surface area contributed by atoms with Crippen LogP contribution in [0, 0.1) is 11.6 Å². The molecule has 12 heteroatoms. The summed E-state index contributed by atoms with van der Waals surface area (Å²) in [5, 5.41) is 14.9. The molecule has 0 radical (unpaired) electrons. The molecule has 3 aromatic rings. The molecule has 0 bridgehead atoms. The minimum absolute atomic E-state index is 0.0126. The average Bonchev–Trinajstić information content (AvgIpc) is 3.57. The van der Waals surface area contributed by atoms with Crippen molar-refractivity contribution in [3.63, 3.8) is 0 Å². The molecule has 1 aromatic carbocycles. The third kappa shape index (κ3) is 4.92. The van der Waals surface area contributed by atoms with E-state index in [9.17, 15) is 28.3 Å². The second-order valence-corrected chi connectivity index (χ2v) is 8.93. The maximum atomic E-state index is 14.0. The smallest absolute Gasteiger partial charge is 0.277 e. The Kier molecular flexibility index (Phi) is 6.66. The van der Waals surface area contributed by atoms with E-state index in [1.54, 1.807) is 11.1 Å². The van der Waals surface area contributed by atoms with Gasteiger partial charge in [0.25, 0.3) is 11.8 Å². The largest absolute Gasteiger partial charge is 0.502 e. The highest BCUT2D eigenvalue weighted by Crippen LogP contribution is 2.24. The molecule has 5 rings (SSSR count). The Labute approximate surface area is 209 Å². The van der Waals surface area contributed by atoms with Gasteiger partial charge >= 0.3 is 0 Å². The maximum Gasteiger partial charge on any atom is 0.277 e. The van der Waals surface area contributed by atoms with Crippen LogP contribution in [0.4, 0.5) is 8.78 Å². The molecule has 37 heavy (non-hydrogen) atoms. The Bertz CT molecular complexity index is 1380. The first kappa shape index (κ1) is 24.5. The Balaban J connectivity index is 1.47. The van der Waals surface area contributed by atoms with Crippen molar-refractivity contribution in [2.75, 3.05) is 24.8 Å². The van der Waals surface area contributed by atoms with Gasteiger partial charge in [-0.3, -0.25) is 24.1 Å². The van der Waals surface area contributed by atoms with Crippen molar-refractivity contribution < 1.29 is 32.6 Å². The minimum atomic E-state index is -1.04. The van der Waals surface area contributed by atoms with Crippen molar-refractivity contribution in [1.29, 1.82) is 0 Å². The fraction of sp³-hybridized carbons (Fsp3) is 0.320. The molecule has 10 nitrogen and oxygen atoms in total. The lowest BCUT2D eigenvalue weighted by Crippen LogP contribution is -2.55. The summed E-state index contributed by atoms with van der Waals surface area (Å²) in [5.74, 6) is -3.96. The summed E-state index contributed by atoms with van der Waals surface area (Å²) in [6.07, 6.45) is 5.71. The standard InChI is InChI=1S/C25H24F2N4O6/c26-17-4-3-16(20(27)8-17)9-28-24(34)19-12-31-21(23(33)22(19)32)25(35)29(11-18-2-1-6-37-18)14-30(31)10-15-5-7-36-13-15/h3-5,7-8,12-13,18,33H,1-2,6,9-11,14H2,(H,28,34)/t18-/m0/s1. The molecule has 2 aliphatic heterocycles. The molecule has 1 atom stereocenters. The van der Waals surface area contributed by atoms with E-state index in [-0.39, 0.29) is 43.7 Å². The van der Waals surface area contributed by atoms with Gasteiger partial charge in [0, 0.05) is 43.1 Å². The molecular formula is C25H24F2N4O6. The highest BCUT2D eigenvalue weighted by Gasteiger charge is 2.36. The van der Waals surface area contributed by atoms with Crippen molar-refractivity contribution in [2.45, 2.75) is 32.0 Å². The highest BCUT2D eigenvalue weighted by molar-refractivity contribution is 5.99. The van der Waals surface area contributed by atoms with Crippen molar-refractivity contribution >= 4 is 11.8 Å². The molecule has 0 aliphatic carbocycles. The number of hydrogen-bond donors (Lipinski definition) is 2. The zero-order valence-electron chi connectivity index (χ0n) is 19.7. The summed E-state index contributed by atoms with van der Waals surface area (Å²) in [5.41, 5.74) is -0.994. The van der Waals surface area contributed by atoms with Crippen molar-refractivity contribution in [3.05, 3.63) is 87.2 Å². The van der Waals surface area contributed by atoms with Crippen LogP contribution in [0.15, 0.2) is 52.2 Å². The van der Waals surface area contributed by atoms with Crippen LogP contribution >= 0.6 is 0 Å². The Hall–Kier alpha value is -4.19. The van der Waals surface area contributed by atoms with Gasteiger partial charge in [-0.1, -0.05) is 6.07 Å². The molecule has 4 heterocycles. The summed E-state index contributed by atoms with van der Waals surface area (Å²) < 4.78 is 39.2. The van der Waals surface area contributed by atoms with Crippen LogP contribution in [0.3, 0.4) is 0 Å². The van der Waals surface area contributed by atoms with Crippen LogP contribution in [0.1, 0.15) is 44.8 Å². The number of halogens is 2. The summed E-state index contributed by atoms with van der Waals surface area (Å²) in [4.78, 5) is 40.6. The first-order valence-electron chi connectivity index (χ1n) is 11.7. The van der Waals surface area contributed by atoms with E-state index in [1.807, 2.05) is 0 Å². The number of rotatable bonds is 7. The third-order valence-corrected chi connectivity index (χ3v) is 6.39. The molecule has 0 spiro atoms. The van der Waals surface area contributed by atoms with E-state index in [0.29, 0.717) is 12.7 Å². The zero-order chi connectivity index (χ0) is 26.1. The van der Waals surface area contributed by atoms with Crippen LogP contribution < -0.4 is 15.8 Å². The van der Waals surface area contributed by atoms with Gasteiger partial charge < -0.3 is 24.5 Å². The number of nitrogens with zero attached hydrogens (tertiary/aromatic N) is 3. The molecule has 1 saturated heterocycles. The number of fused-ring (bicyclic) bond motifs is 1. The molecule has 194 valence electrons. The molecule has 2 N–H and O–H groups in total. The predicted octanol–water partition coefficient (Wildman–Crippen LogP) is 2.09. The van der Waals surface area contributed by atoms with Crippen LogP contribution in [-0.4, -0.2) is 52.4 Å². The Morgan fingerprint density at radius 1 is 1.22 bits per heavy atom. The lowest BCUT2D eigenvalue weighted by molar-refractivity contribution is 0.0455. The number of aromatic nitrogens is 1. The molecule has 2 aliphatic rings. The first-order chi connectivity index (χ1) is 17.8. The fourth-order valence-electron chi connectivity index (χ4n) is 4.48. The fourth-order valence-corrected chi connectivity index (χ4v) is 4.48. The van der Waals surface area contributed by atoms with Crippen molar-refractivity contribution in [1.82, 2.24) is 14.9 Å². The molecule has 1 fully saturated rings. The Morgan fingerprint density at radius 2 is 2.05 bits per heavy atom. The number of benzene rings is 1. The average molecular weight is 514 g/mol. The van der Waals surface area contributed by atoms with Gasteiger partial charge in [0.2, 0.25) is 5.43 Å². The number of carbonyl (C=O) groups excluding carboxylic acids is 2. The summed E-state index contributed by atoms with van der Waals surface area (Å²) in [6, 6.07) is 4.64. The molecule has 2 amide bonds. The first-order valence-corrected chi connectivity index (χ1v) is 11.7. The topological polar surface area (TPSA) is 117 Å². The zero-order valence-corrected chi connectivity index (χ0v) is 19.7. The van der Waals surface area contributed by atoms with E-state index in [4.69, 9.17) is 9.15 Å². The van der Waals surface area contributed by atoms with E-state index < -0.39 is 40.2 Å². The van der Waals surface area contributed by atoms with Crippen molar-refractivity contribution in [2.24, 2.45) is 0 Å². The number of ether oxygens (including phenoxy) is 1. The number of carbonyl (C=O) groups is 2. The number of furan rings is 1. The van der Waals surface area contributed by atoms with Crippen molar-refractivity contribution in [3.8, 4) is 5.75 Å². The number of nitrogens with one attached hydrogen (secondary N) is 1. The summed E-state index contributed by atoms with van der Waals surface area (Å²) >= 11 is 0. The molecular weight excluding hydrogens is 490 g/mol. The van der Waals surface area contributed by atoms with E-state index in [1.165, 1.54) is 34.4 Å². The van der Waals surface area contributed by atoms with Gasteiger partial charge in [0.1, 0.15) is 23.9 Å². The van der Waals surface area contributed by atoms with Gasteiger partial charge in [0.05, 0.1) is 25.2 Å². The third-order valence-electron chi connectivity index (χ3n) is 6.39. The van der Waals surface area contributed by atoms with Gasteiger partial charge in [-0.25, -0.2) is 8.78 Å².